The Morgan fingerprint density at radius 1 is 1.03 bits per heavy atom. The molecular formula is C16H19N3O9S2. The van der Waals surface area contributed by atoms with Crippen molar-refractivity contribution in [3.05, 3.63) is 37.9 Å². The van der Waals surface area contributed by atoms with Gasteiger partial charge in [-0.25, -0.2) is 9.59 Å². The van der Waals surface area contributed by atoms with Crippen LogP contribution in [0.1, 0.15) is 24.2 Å². The quantitative estimate of drug-likeness (QED) is 0.178. The van der Waals surface area contributed by atoms with Crippen LogP contribution in [0.2, 0.25) is 0 Å². The van der Waals surface area contributed by atoms with E-state index in [9.17, 15) is 34.6 Å². The molecule has 0 aliphatic carbocycles. The Balaban J connectivity index is 3.90. The molecule has 0 bridgehead atoms. The summed E-state index contributed by atoms with van der Waals surface area (Å²) in [5.41, 5.74) is -2.53. The van der Waals surface area contributed by atoms with E-state index in [2.05, 4.69) is 14.8 Å². The molecule has 0 aliphatic heterocycles. The zero-order valence-corrected chi connectivity index (χ0v) is 18.1. The van der Waals surface area contributed by atoms with Gasteiger partial charge in [-0.05, 0) is 11.5 Å². The van der Waals surface area contributed by atoms with Crippen LogP contribution in [0.25, 0.3) is 0 Å². The molecule has 0 saturated heterocycles. The third-order valence-electron chi connectivity index (χ3n) is 3.61. The van der Waals surface area contributed by atoms with Crippen molar-refractivity contribution in [2.45, 2.75) is 18.7 Å². The topological polar surface area (TPSA) is 168 Å². The molecule has 0 heterocycles. The van der Waals surface area contributed by atoms with Crippen molar-refractivity contribution in [1.82, 2.24) is 0 Å². The number of ether oxygens (including phenoxy) is 2. The van der Waals surface area contributed by atoms with Crippen molar-refractivity contribution in [2.75, 3.05) is 31.0 Å². The minimum Gasteiger partial charge on any atom is -0.466 e. The Hall–Kier alpha value is -2.87. The molecular weight excluding hydrogens is 442 g/mol. The van der Waals surface area contributed by atoms with Crippen LogP contribution in [0.15, 0.2) is 12.1 Å². The first-order valence-electron chi connectivity index (χ1n) is 8.32. The summed E-state index contributed by atoms with van der Waals surface area (Å²) < 4.78 is 9.37. The lowest BCUT2D eigenvalue weighted by Gasteiger charge is -2.29. The standard InChI is InChI=1S/C16H19N3O9S2/c1-5-29-13(20)12-10(7-9(18(23)24)8-11(12)19(25)26)17-16(30-6-2,14(21)27-3)15(22)28-4/h7-8,17H,5-6H2,1-4H3. The van der Waals surface area contributed by atoms with E-state index in [1.807, 2.05) is 0 Å². The number of esters is 2. The van der Waals surface area contributed by atoms with Crippen LogP contribution >= 0.6 is 23.5 Å². The highest BCUT2D eigenvalue weighted by Gasteiger charge is 2.50. The number of benzene rings is 1. The Kier molecular flexibility index (Phi) is 9.04. The molecule has 0 fully saturated rings. The molecule has 0 radical (unpaired) electrons. The highest BCUT2D eigenvalue weighted by atomic mass is 32.2. The van der Waals surface area contributed by atoms with Crippen LogP contribution < -0.4 is 5.32 Å². The number of nitrogens with one attached hydrogen (secondary N) is 1. The minimum absolute atomic E-state index is 0.182. The van der Waals surface area contributed by atoms with E-state index in [0.717, 1.165) is 43.8 Å². The van der Waals surface area contributed by atoms with E-state index in [0.29, 0.717) is 6.07 Å². The number of carbonyl (C=O) groups excluding carboxylic acids is 3. The number of nitro groups is 2. The molecule has 1 rings (SSSR count). The molecule has 0 aromatic heterocycles. The molecule has 164 valence electrons. The Morgan fingerprint density at radius 3 is 2.00 bits per heavy atom. The molecule has 1 N–H and O–H groups in total. The summed E-state index contributed by atoms with van der Waals surface area (Å²) in [6.45, 7) is 3.24. The lowest BCUT2D eigenvalue weighted by atomic mass is 10.1. The van der Waals surface area contributed by atoms with Gasteiger partial charge in [0.15, 0.2) is 0 Å². The highest BCUT2D eigenvalue weighted by molar-refractivity contribution is 8.14. The number of hydrogen-bond donors (Lipinski definition) is 1. The smallest absolute Gasteiger partial charge is 0.354 e. The molecule has 14 heteroatoms. The number of nitro benzene ring substituents is 2. The lowest BCUT2D eigenvalue weighted by molar-refractivity contribution is -0.394. The zero-order chi connectivity index (χ0) is 23.1. The van der Waals surface area contributed by atoms with Crippen molar-refractivity contribution >= 4 is 57.6 Å². The molecule has 0 atom stereocenters. The third kappa shape index (κ3) is 5.18. The van der Waals surface area contributed by atoms with E-state index in [4.69, 9.17) is 0 Å². The summed E-state index contributed by atoms with van der Waals surface area (Å²) in [4.78, 5) is 56.3. The van der Waals surface area contributed by atoms with Gasteiger partial charge in [-0.3, -0.25) is 25.0 Å². The maximum Gasteiger partial charge on any atom is 0.354 e. The van der Waals surface area contributed by atoms with E-state index >= 15 is 0 Å². The van der Waals surface area contributed by atoms with Gasteiger partial charge >= 0.3 is 11.9 Å². The van der Waals surface area contributed by atoms with E-state index < -0.39 is 54.4 Å². The number of nitrogens with zero attached hydrogens (tertiary/aromatic N) is 2. The predicted octanol–water partition coefficient (Wildman–Crippen LogP) is 2.60. The maximum atomic E-state index is 12.6. The largest absolute Gasteiger partial charge is 0.466 e. The van der Waals surface area contributed by atoms with Crippen LogP contribution in [0, 0.1) is 20.2 Å². The number of hydrogen-bond acceptors (Lipinski definition) is 12. The maximum absolute atomic E-state index is 12.6. The number of methoxy groups -OCH3 is 2. The first kappa shape index (κ1) is 25.2. The SMILES string of the molecule is CCSC(=O)c1c(NC(SCC)(C(=O)OC)C(=O)OC)cc([N+](=O)[O-])cc1[N+](=O)[O-]. The third-order valence-corrected chi connectivity index (χ3v) is 5.52. The van der Waals surface area contributed by atoms with Crippen LogP contribution in [0.5, 0.6) is 0 Å². The molecule has 1 aromatic rings. The Bertz CT molecular complexity index is 860. The minimum atomic E-state index is -2.26. The van der Waals surface area contributed by atoms with Crippen LogP contribution in [0.4, 0.5) is 17.1 Å². The number of anilines is 1. The second kappa shape index (κ2) is 10.8. The fourth-order valence-corrected chi connectivity index (χ4v) is 4.05. The van der Waals surface area contributed by atoms with Gasteiger partial charge in [0.2, 0.25) is 5.12 Å². The molecule has 0 unspecified atom stereocenters. The van der Waals surface area contributed by atoms with Gasteiger partial charge in [-0.2, -0.15) is 0 Å². The molecule has 0 aliphatic rings. The molecule has 0 spiro atoms. The van der Waals surface area contributed by atoms with Crippen molar-refractivity contribution in [3.8, 4) is 0 Å². The first-order chi connectivity index (χ1) is 14.1. The van der Waals surface area contributed by atoms with Gasteiger partial charge in [0.1, 0.15) is 5.56 Å². The molecule has 12 nitrogen and oxygen atoms in total. The lowest BCUT2D eigenvalue weighted by Crippen LogP contribution is -2.52. The van der Waals surface area contributed by atoms with E-state index in [1.54, 1.807) is 13.8 Å². The van der Waals surface area contributed by atoms with Crippen molar-refractivity contribution in [1.29, 1.82) is 0 Å². The van der Waals surface area contributed by atoms with Gasteiger partial charge in [-0.15, -0.1) is 11.8 Å². The Labute approximate surface area is 179 Å². The monoisotopic (exact) mass is 461 g/mol. The molecule has 0 amide bonds. The van der Waals surface area contributed by atoms with E-state index in [1.165, 1.54) is 0 Å². The first-order valence-corrected chi connectivity index (χ1v) is 10.3. The van der Waals surface area contributed by atoms with Gasteiger partial charge in [0.25, 0.3) is 16.2 Å². The van der Waals surface area contributed by atoms with Gasteiger partial charge in [-0.1, -0.05) is 25.6 Å². The normalized spacial score (nSPS) is 10.8. The van der Waals surface area contributed by atoms with Crippen molar-refractivity contribution in [2.24, 2.45) is 0 Å². The van der Waals surface area contributed by atoms with E-state index in [-0.39, 0.29) is 11.5 Å². The molecule has 0 saturated carbocycles. The summed E-state index contributed by atoms with van der Waals surface area (Å²) >= 11 is 1.45. The average Bonchev–Trinajstić information content (AvgIpc) is 2.71. The van der Waals surface area contributed by atoms with Crippen molar-refractivity contribution in [3.63, 3.8) is 0 Å². The van der Waals surface area contributed by atoms with Crippen LogP contribution in [-0.4, -0.2) is 57.5 Å². The average molecular weight is 461 g/mol. The molecule has 30 heavy (non-hydrogen) atoms. The summed E-state index contributed by atoms with van der Waals surface area (Å²) in [6, 6.07) is 1.48. The number of non-ortho nitro benzene ring substituents is 1. The second-order valence-corrected chi connectivity index (χ2v) is 8.06. The summed E-state index contributed by atoms with van der Waals surface area (Å²) in [5.74, 6) is -1.79. The van der Waals surface area contributed by atoms with Crippen LogP contribution in [-0.2, 0) is 19.1 Å². The summed E-state index contributed by atoms with van der Waals surface area (Å²) in [6.07, 6.45) is 0. The van der Waals surface area contributed by atoms with Gasteiger partial charge in [0.05, 0.1) is 35.8 Å². The summed E-state index contributed by atoms with van der Waals surface area (Å²) in [5, 5.41) is 24.5. The number of carbonyl (C=O) groups is 3. The van der Waals surface area contributed by atoms with Crippen LogP contribution in [0.3, 0.4) is 0 Å². The zero-order valence-electron chi connectivity index (χ0n) is 16.5. The number of rotatable bonds is 10. The fourth-order valence-electron chi connectivity index (χ4n) is 2.41. The van der Waals surface area contributed by atoms with Crippen molar-refractivity contribution < 1.29 is 33.7 Å². The summed E-state index contributed by atoms with van der Waals surface area (Å²) in [7, 11) is 2.01. The molecule has 1 aromatic carbocycles. The number of thioether (sulfide) groups is 2. The highest BCUT2D eigenvalue weighted by Crippen LogP contribution is 2.39. The fraction of sp³-hybridized carbons (Fsp3) is 0.438. The van der Waals surface area contributed by atoms with Gasteiger partial charge in [0, 0.05) is 6.07 Å². The predicted molar refractivity (Wildman–Crippen MR) is 111 cm³/mol. The second-order valence-electron chi connectivity index (χ2n) is 5.34. The van der Waals surface area contributed by atoms with Gasteiger partial charge < -0.3 is 14.8 Å². The Morgan fingerprint density at radius 2 is 1.60 bits per heavy atom.